The molecule has 30 heavy (non-hydrogen) atoms. The molecule has 1 aromatic rings. The molecule has 1 saturated carbocycles. The van der Waals surface area contributed by atoms with E-state index in [1.54, 1.807) is 13.8 Å². The lowest BCUT2D eigenvalue weighted by Crippen LogP contribution is -2.23. The monoisotopic (exact) mass is 410 g/mol. The van der Waals surface area contributed by atoms with Crippen molar-refractivity contribution in [3.05, 3.63) is 35.4 Å². The fraction of sp³-hybridized carbons (Fsp3) is 0.630. The van der Waals surface area contributed by atoms with E-state index in [9.17, 15) is 9.59 Å². The van der Waals surface area contributed by atoms with Gasteiger partial charge in [-0.2, -0.15) is 0 Å². The first kappa shape index (κ1) is 24.2. The molecule has 1 aromatic carbocycles. The molecule has 0 saturated heterocycles. The van der Waals surface area contributed by atoms with Gasteiger partial charge in [0, 0.05) is 0 Å². The Balaban J connectivity index is 1.74. The molecule has 2 rings (SSSR count). The van der Waals surface area contributed by atoms with Crippen LogP contribution in [-0.2, 0) is 9.53 Å². The molecule has 0 spiro atoms. The van der Waals surface area contributed by atoms with Gasteiger partial charge in [-0.25, -0.2) is 4.79 Å². The fourth-order valence-corrected chi connectivity index (χ4v) is 4.40. The van der Waals surface area contributed by atoms with Gasteiger partial charge >= 0.3 is 5.97 Å². The molecule has 1 unspecified atom stereocenters. The minimum atomic E-state index is -0.841. The van der Waals surface area contributed by atoms with Crippen LogP contribution in [0.15, 0.2) is 24.3 Å². The lowest BCUT2D eigenvalue weighted by Gasteiger charge is -2.29. The van der Waals surface area contributed by atoms with E-state index in [0.29, 0.717) is 11.5 Å². The molecule has 0 heterocycles. The van der Waals surface area contributed by atoms with Gasteiger partial charge in [0.1, 0.15) is 0 Å². The predicted octanol–water partition coefficient (Wildman–Crippen LogP) is 6.85. The number of hydrogen-bond acceptors (Lipinski definition) is 3. The predicted molar refractivity (Wildman–Crippen MR) is 122 cm³/mol. The number of rotatable bonds is 11. The summed E-state index contributed by atoms with van der Waals surface area (Å²) in [4.78, 5) is 23.9. The van der Waals surface area contributed by atoms with Crippen molar-refractivity contribution in [1.82, 2.24) is 0 Å². The van der Waals surface area contributed by atoms with E-state index in [4.69, 9.17) is 4.74 Å². The minimum absolute atomic E-state index is 0.375. The molecule has 0 amide bonds. The van der Waals surface area contributed by atoms with Crippen LogP contribution in [-0.4, -0.2) is 17.9 Å². The minimum Gasteiger partial charge on any atom is -0.450 e. The first-order chi connectivity index (χ1) is 14.5. The zero-order valence-corrected chi connectivity index (χ0v) is 19.0. The van der Waals surface area contributed by atoms with Crippen LogP contribution in [0.3, 0.4) is 0 Å². The summed E-state index contributed by atoms with van der Waals surface area (Å²) in [6.07, 6.45) is 14.0. The summed E-state index contributed by atoms with van der Waals surface area (Å²) in [5.41, 5.74) is 1.80. The van der Waals surface area contributed by atoms with E-state index in [2.05, 4.69) is 18.8 Å². The molecule has 1 aliphatic carbocycles. The normalized spacial score (nSPS) is 19.4. The number of hydrogen-bond donors (Lipinski definition) is 0. The second-order valence-corrected chi connectivity index (χ2v) is 8.68. The molecule has 3 nitrogen and oxygen atoms in total. The van der Waals surface area contributed by atoms with Gasteiger partial charge in [0.05, 0.1) is 5.56 Å². The van der Waals surface area contributed by atoms with Crippen molar-refractivity contribution in [2.24, 2.45) is 5.92 Å². The summed E-state index contributed by atoms with van der Waals surface area (Å²) in [5.74, 6) is 5.60. The molecule has 0 N–H and O–H groups in total. The van der Waals surface area contributed by atoms with Crippen molar-refractivity contribution in [3.63, 3.8) is 0 Å². The lowest BCUT2D eigenvalue weighted by molar-refractivity contribution is -0.121. The summed E-state index contributed by atoms with van der Waals surface area (Å²) in [6.45, 7) is 5.42. The summed E-state index contributed by atoms with van der Waals surface area (Å²) in [6, 6.07) is 7.74. The first-order valence-corrected chi connectivity index (χ1v) is 11.8. The van der Waals surface area contributed by atoms with E-state index in [-0.39, 0.29) is 5.78 Å². The zero-order valence-electron chi connectivity index (χ0n) is 19.0. The van der Waals surface area contributed by atoms with E-state index >= 15 is 0 Å². The highest BCUT2D eigenvalue weighted by Gasteiger charge is 2.23. The van der Waals surface area contributed by atoms with Gasteiger partial charge in [0.2, 0.25) is 5.78 Å². The number of carbonyl (C=O) groups is 2. The van der Waals surface area contributed by atoms with Crippen LogP contribution in [0.2, 0.25) is 0 Å². The standard InChI is InChI=1S/C27H38O3/c1-4-6-7-8-9-10-12-22-13-15-23(16-14-22)24-17-19-25(20-18-24)27(29)30-21(3)26(28)11-5-2/h17-23H,4,6-10,12-16H2,1-3H3. The molecule has 0 radical (unpaired) electrons. The molecule has 0 aromatic heterocycles. The molecule has 3 heteroatoms. The highest BCUT2D eigenvalue weighted by Crippen LogP contribution is 2.37. The largest absolute Gasteiger partial charge is 0.450 e. The third-order valence-electron chi connectivity index (χ3n) is 6.33. The van der Waals surface area contributed by atoms with Gasteiger partial charge < -0.3 is 4.74 Å². The number of carbonyl (C=O) groups excluding carboxylic acids is 2. The molecular weight excluding hydrogens is 372 g/mol. The number of ketones is 1. The van der Waals surface area contributed by atoms with Gasteiger partial charge in [0.15, 0.2) is 6.10 Å². The van der Waals surface area contributed by atoms with Crippen molar-refractivity contribution in [1.29, 1.82) is 0 Å². The maximum absolute atomic E-state index is 12.3. The van der Waals surface area contributed by atoms with E-state index in [1.807, 2.05) is 24.3 Å². The molecule has 1 atom stereocenters. The fourth-order valence-electron chi connectivity index (χ4n) is 4.40. The topological polar surface area (TPSA) is 43.4 Å². The van der Waals surface area contributed by atoms with Crippen LogP contribution in [0.5, 0.6) is 0 Å². The Hall–Kier alpha value is -2.08. The SMILES string of the molecule is CC#CC(=O)C(C)OC(=O)c1ccc(C2CCC(CCCCCCCC)CC2)cc1. The van der Waals surface area contributed by atoms with Crippen molar-refractivity contribution in [2.75, 3.05) is 0 Å². The molecule has 0 bridgehead atoms. The molecular formula is C27H38O3. The number of benzene rings is 1. The van der Waals surface area contributed by atoms with E-state index < -0.39 is 12.1 Å². The lowest BCUT2D eigenvalue weighted by atomic mass is 9.77. The third kappa shape index (κ3) is 7.98. The van der Waals surface area contributed by atoms with Gasteiger partial charge in [-0.15, -0.1) is 0 Å². The van der Waals surface area contributed by atoms with E-state index in [0.717, 1.165) is 5.92 Å². The second-order valence-electron chi connectivity index (χ2n) is 8.68. The molecule has 164 valence electrons. The number of ether oxygens (including phenoxy) is 1. The van der Waals surface area contributed by atoms with Crippen molar-refractivity contribution >= 4 is 11.8 Å². The molecule has 0 aliphatic heterocycles. The molecule has 1 fully saturated rings. The van der Waals surface area contributed by atoms with Crippen molar-refractivity contribution in [2.45, 2.75) is 103 Å². The van der Waals surface area contributed by atoms with Crippen LogP contribution < -0.4 is 0 Å². The van der Waals surface area contributed by atoms with Crippen LogP contribution in [0.25, 0.3) is 0 Å². The average Bonchev–Trinajstić information content (AvgIpc) is 2.77. The Bertz CT molecular complexity index is 715. The maximum atomic E-state index is 12.3. The third-order valence-corrected chi connectivity index (χ3v) is 6.33. The quantitative estimate of drug-likeness (QED) is 0.173. The number of esters is 1. The van der Waals surface area contributed by atoms with Crippen LogP contribution in [0, 0.1) is 17.8 Å². The van der Waals surface area contributed by atoms with Crippen molar-refractivity contribution < 1.29 is 14.3 Å². The smallest absolute Gasteiger partial charge is 0.338 e. The summed E-state index contributed by atoms with van der Waals surface area (Å²) in [7, 11) is 0. The summed E-state index contributed by atoms with van der Waals surface area (Å²) < 4.78 is 5.23. The van der Waals surface area contributed by atoms with Crippen LogP contribution in [0.1, 0.15) is 113 Å². The highest BCUT2D eigenvalue weighted by atomic mass is 16.5. The Labute approximate surface area is 183 Å². The van der Waals surface area contributed by atoms with Gasteiger partial charge in [0.25, 0.3) is 0 Å². The summed E-state index contributed by atoms with van der Waals surface area (Å²) in [5, 5.41) is 0. The molecule has 1 aliphatic rings. The van der Waals surface area contributed by atoms with Gasteiger partial charge in [-0.3, -0.25) is 4.79 Å². The Morgan fingerprint density at radius 2 is 1.63 bits per heavy atom. The number of unbranched alkanes of at least 4 members (excludes halogenated alkanes) is 5. The number of Topliss-reactive ketones (excluding diaryl/α,β-unsaturated/α-hetero) is 1. The highest BCUT2D eigenvalue weighted by molar-refractivity contribution is 6.00. The summed E-state index contributed by atoms with van der Waals surface area (Å²) >= 11 is 0. The average molecular weight is 411 g/mol. The van der Waals surface area contributed by atoms with Crippen LogP contribution >= 0.6 is 0 Å². The Kier molecular flexibility index (Phi) is 10.7. The zero-order chi connectivity index (χ0) is 21.8. The van der Waals surface area contributed by atoms with Gasteiger partial charge in [-0.1, -0.05) is 69.9 Å². The van der Waals surface area contributed by atoms with Crippen molar-refractivity contribution in [3.8, 4) is 11.8 Å². The van der Waals surface area contributed by atoms with Crippen LogP contribution in [0.4, 0.5) is 0 Å². The first-order valence-electron chi connectivity index (χ1n) is 11.8. The Morgan fingerprint density at radius 1 is 1.00 bits per heavy atom. The maximum Gasteiger partial charge on any atom is 0.338 e. The second kappa shape index (κ2) is 13.3. The van der Waals surface area contributed by atoms with Gasteiger partial charge in [-0.05, 0) is 75.0 Å². The Morgan fingerprint density at radius 3 is 2.27 bits per heavy atom. The van der Waals surface area contributed by atoms with E-state index in [1.165, 1.54) is 76.2 Å².